The smallest absolute Gasteiger partial charge is 0.312 e. The zero-order valence-electron chi connectivity index (χ0n) is 9.72. The Bertz CT molecular complexity index is 378. The Kier molecular flexibility index (Phi) is 3.42. The molecule has 1 aromatic heterocycles. The van der Waals surface area contributed by atoms with Crippen LogP contribution < -0.4 is 5.32 Å². The van der Waals surface area contributed by atoms with Crippen LogP contribution in [-0.4, -0.2) is 22.4 Å². The van der Waals surface area contributed by atoms with E-state index in [4.69, 9.17) is 0 Å². The molecule has 2 rings (SSSR count). The van der Waals surface area contributed by atoms with Crippen molar-refractivity contribution in [3.63, 3.8) is 0 Å². The number of nitrogens with one attached hydrogen (secondary N) is 1. The highest BCUT2D eigenvalue weighted by Crippen LogP contribution is 2.28. The van der Waals surface area contributed by atoms with Crippen molar-refractivity contribution in [1.29, 1.82) is 0 Å². The number of hydrogen-bond acceptors (Lipinski definition) is 2. The molecule has 2 heterocycles. The largest absolute Gasteiger partial charge is 0.435 e. The van der Waals surface area contributed by atoms with E-state index < -0.39 is 11.9 Å². The summed E-state index contributed by atoms with van der Waals surface area (Å²) in [6, 6.07) is 1.40. The van der Waals surface area contributed by atoms with Crippen LogP contribution in [0.1, 0.15) is 31.2 Å². The van der Waals surface area contributed by atoms with Crippen LogP contribution in [0, 0.1) is 0 Å². The lowest BCUT2D eigenvalue weighted by atomic mass is 10.2. The average molecular weight is 247 g/mol. The fourth-order valence-corrected chi connectivity index (χ4v) is 2.16. The molecule has 1 saturated heterocycles. The van der Waals surface area contributed by atoms with Crippen molar-refractivity contribution in [1.82, 2.24) is 15.1 Å². The van der Waals surface area contributed by atoms with Gasteiger partial charge in [-0.3, -0.25) is 4.68 Å². The molecule has 1 N–H and O–H groups in total. The molecule has 17 heavy (non-hydrogen) atoms. The maximum Gasteiger partial charge on any atom is 0.435 e. The van der Waals surface area contributed by atoms with Crippen LogP contribution >= 0.6 is 0 Å². The van der Waals surface area contributed by atoms with Crippen molar-refractivity contribution < 1.29 is 13.2 Å². The lowest BCUT2D eigenvalue weighted by molar-refractivity contribution is -0.141. The van der Waals surface area contributed by atoms with E-state index in [0.717, 1.165) is 25.5 Å². The minimum Gasteiger partial charge on any atom is -0.312 e. The molecule has 0 radical (unpaired) electrons. The van der Waals surface area contributed by atoms with Crippen LogP contribution in [0.15, 0.2) is 6.07 Å². The number of alkyl halides is 3. The van der Waals surface area contributed by atoms with Gasteiger partial charge < -0.3 is 5.32 Å². The summed E-state index contributed by atoms with van der Waals surface area (Å²) in [7, 11) is 0. The first-order chi connectivity index (χ1) is 8.00. The van der Waals surface area contributed by atoms with Crippen molar-refractivity contribution in [3.8, 4) is 0 Å². The number of hydrogen-bond donors (Lipinski definition) is 1. The van der Waals surface area contributed by atoms with Crippen molar-refractivity contribution in [2.45, 2.75) is 44.9 Å². The molecule has 0 spiro atoms. The second kappa shape index (κ2) is 4.68. The quantitative estimate of drug-likeness (QED) is 0.887. The average Bonchev–Trinajstić information content (AvgIpc) is 2.86. The van der Waals surface area contributed by atoms with Crippen molar-refractivity contribution in [2.24, 2.45) is 0 Å². The van der Waals surface area contributed by atoms with E-state index in [1.807, 2.05) is 6.92 Å². The Morgan fingerprint density at radius 1 is 1.53 bits per heavy atom. The van der Waals surface area contributed by atoms with E-state index in [1.165, 1.54) is 4.68 Å². The van der Waals surface area contributed by atoms with Gasteiger partial charge in [0.25, 0.3) is 0 Å². The van der Waals surface area contributed by atoms with Gasteiger partial charge in [0.1, 0.15) is 0 Å². The lowest BCUT2D eigenvalue weighted by Gasteiger charge is -2.12. The Morgan fingerprint density at radius 3 is 2.82 bits per heavy atom. The highest BCUT2D eigenvalue weighted by atomic mass is 19.4. The van der Waals surface area contributed by atoms with E-state index in [-0.39, 0.29) is 6.04 Å². The molecule has 1 aromatic rings. The summed E-state index contributed by atoms with van der Waals surface area (Å²) in [6.45, 7) is 3.31. The molecule has 1 unspecified atom stereocenters. The number of nitrogens with zero attached hydrogens (tertiary/aromatic N) is 2. The van der Waals surface area contributed by atoms with E-state index in [1.54, 1.807) is 0 Å². The van der Waals surface area contributed by atoms with Gasteiger partial charge in [-0.2, -0.15) is 18.3 Å². The first kappa shape index (κ1) is 12.4. The molecule has 1 fully saturated rings. The number of rotatable bonds is 3. The van der Waals surface area contributed by atoms with Gasteiger partial charge >= 0.3 is 6.18 Å². The molecule has 6 heteroatoms. The SMILES string of the molecule is CCc1cc(C(F)(F)F)nn1CC1CCCN1. The summed E-state index contributed by atoms with van der Waals surface area (Å²) >= 11 is 0. The van der Waals surface area contributed by atoms with Crippen molar-refractivity contribution in [2.75, 3.05) is 6.54 Å². The fourth-order valence-electron chi connectivity index (χ4n) is 2.16. The highest BCUT2D eigenvalue weighted by molar-refractivity contribution is 5.13. The van der Waals surface area contributed by atoms with Gasteiger partial charge in [0, 0.05) is 11.7 Å². The molecule has 0 aromatic carbocycles. The summed E-state index contributed by atoms with van der Waals surface area (Å²) in [5.74, 6) is 0. The van der Waals surface area contributed by atoms with Gasteiger partial charge in [-0.1, -0.05) is 6.92 Å². The molecule has 0 aliphatic carbocycles. The van der Waals surface area contributed by atoms with Crippen molar-refractivity contribution in [3.05, 3.63) is 17.5 Å². The van der Waals surface area contributed by atoms with Crippen LogP contribution in [0.4, 0.5) is 13.2 Å². The third kappa shape index (κ3) is 2.80. The summed E-state index contributed by atoms with van der Waals surface area (Å²) < 4.78 is 39.1. The topological polar surface area (TPSA) is 29.9 Å². The Balaban J connectivity index is 2.17. The predicted octanol–water partition coefficient (Wildman–Crippen LogP) is 2.22. The molecule has 96 valence electrons. The van der Waals surface area contributed by atoms with Gasteiger partial charge in [-0.05, 0) is 31.9 Å². The summed E-state index contributed by atoms with van der Waals surface area (Å²) in [5, 5.41) is 6.93. The van der Waals surface area contributed by atoms with Gasteiger partial charge in [0.2, 0.25) is 0 Å². The molecule has 1 aliphatic rings. The zero-order chi connectivity index (χ0) is 12.5. The zero-order valence-corrected chi connectivity index (χ0v) is 9.72. The van der Waals surface area contributed by atoms with E-state index in [0.29, 0.717) is 18.7 Å². The van der Waals surface area contributed by atoms with Gasteiger partial charge in [0.15, 0.2) is 5.69 Å². The summed E-state index contributed by atoms with van der Waals surface area (Å²) in [6.07, 6.45) is -1.70. The van der Waals surface area contributed by atoms with Gasteiger partial charge in [-0.25, -0.2) is 0 Å². The summed E-state index contributed by atoms with van der Waals surface area (Å²) in [4.78, 5) is 0. The Hall–Kier alpha value is -1.04. The van der Waals surface area contributed by atoms with Crippen LogP contribution in [0.5, 0.6) is 0 Å². The van der Waals surface area contributed by atoms with Gasteiger partial charge in [-0.15, -0.1) is 0 Å². The molecule has 1 atom stereocenters. The molecule has 0 saturated carbocycles. The standard InChI is InChI=1S/C11H16F3N3/c1-2-9-6-10(11(12,13)14)16-17(9)7-8-4-3-5-15-8/h6,8,15H,2-5,7H2,1H3. The van der Waals surface area contributed by atoms with Crippen molar-refractivity contribution >= 4 is 0 Å². The van der Waals surface area contributed by atoms with E-state index >= 15 is 0 Å². The molecule has 3 nitrogen and oxygen atoms in total. The summed E-state index contributed by atoms with van der Waals surface area (Å²) in [5.41, 5.74) is -0.140. The first-order valence-corrected chi connectivity index (χ1v) is 5.88. The molecule has 1 aliphatic heterocycles. The van der Waals surface area contributed by atoms with E-state index in [9.17, 15) is 13.2 Å². The van der Waals surface area contributed by atoms with Gasteiger partial charge in [0.05, 0.1) is 6.54 Å². The Labute approximate surface area is 98.0 Å². The normalized spacial score (nSPS) is 21.1. The van der Waals surface area contributed by atoms with E-state index in [2.05, 4.69) is 10.4 Å². The predicted molar refractivity (Wildman–Crippen MR) is 57.6 cm³/mol. The monoisotopic (exact) mass is 247 g/mol. The highest BCUT2D eigenvalue weighted by Gasteiger charge is 2.34. The van der Waals surface area contributed by atoms with Crippen LogP contribution in [0.2, 0.25) is 0 Å². The second-order valence-electron chi connectivity index (χ2n) is 4.35. The lowest BCUT2D eigenvalue weighted by Crippen LogP contribution is -2.28. The third-order valence-electron chi connectivity index (χ3n) is 3.07. The van der Waals surface area contributed by atoms with Crippen LogP contribution in [-0.2, 0) is 19.1 Å². The minimum absolute atomic E-state index is 0.251. The number of aryl methyl sites for hydroxylation is 1. The third-order valence-corrected chi connectivity index (χ3v) is 3.07. The fraction of sp³-hybridized carbons (Fsp3) is 0.727. The maximum absolute atomic E-state index is 12.5. The molecular weight excluding hydrogens is 231 g/mol. The minimum atomic E-state index is -4.35. The maximum atomic E-state index is 12.5. The van der Waals surface area contributed by atoms with Crippen LogP contribution in [0.3, 0.4) is 0 Å². The number of halogens is 3. The Morgan fingerprint density at radius 2 is 2.29 bits per heavy atom. The molecule has 0 amide bonds. The second-order valence-corrected chi connectivity index (χ2v) is 4.35. The first-order valence-electron chi connectivity index (χ1n) is 5.88. The number of aromatic nitrogens is 2. The van der Waals surface area contributed by atoms with Crippen LogP contribution in [0.25, 0.3) is 0 Å². The molecule has 0 bridgehead atoms. The molecular formula is C11H16F3N3.